The molecule has 1 amide bonds. The van der Waals surface area contributed by atoms with Gasteiger partial charge in [0, 0.05) is 25.2 Å². The molecule has 2 atom stereocenters. The third kappa shape index (κ3) is 3.19. The van der Waals surface area contributed by atoms with Crippen molar-refractivity contribution in [1.82, 2.24) is 35.1 Å². The van der Waals surface area contributed by atoms with Gasteiger partial charge in [-0.15, -0.1) is 16.9 Å². The monoisotopic (exact) mass is 406 g/mol. The Morgan fingerprint density at radius 2 is 2.41 bits per heavy atom. The molecule has 1 saturated heterocycles. The molecule has 0 radical (unpaired) electrons. The second-order valence-electron chi connectivity index (χ2n) is 5.65. The number of hydrogen-bond donors (Lipinski definition) is 3. The number of aromatic amines is 1. The SMILES string of the molecule is Cn1nnnc1SC=CC1=C(C(=O)O)N2C(=O)[C@H](Nc3ncc[nH]3)[C@@H]2SC1. The highest BCUT2D eigenvalue weighted by molar-refractivity contribution is 8.02. The molecule has 4 heterocycles. The van der Waals surface area contributed by atoms with Gasteiger partial charge in [0.05, 0.1) is 0 Å². The quantitative estimate of drug-likeness (QED) is 0.452. The van der Waals surface area contributed by atoms with Crippen LogP contribution < -0.4 is 5.32 Å². The lowest BCUT2D eigenvalue weighted by Crippen LogP contribution is -2.67. The second kappa shape index (κ2) is 7.08. The van der Waals surface area contributed by atoms with Crippen LogP contribution >= 0.6 is 23.5 Å². The van der Waals surface area contributed by atoms with Crippen molar-refractivity contribution in [3.8, 4) is 0 Å². The van der Waals surface area contributed by atoms with Crippen LogP contribution in [0.3, 0.4) is 0 Å². The Morgan fingerprint density at radius 3 is 3.07 bits per heavy atom. The van der Waals surface area contributed by atoms with Crippen LogP contribution in [0.1, 0.15) is 0 Å². The smallest absolute Gasteiger partial charge is 0.352 e. The van der Waals surface area contributed by atoms with Crippen molar-refractivity contribution in [2.75, 3.05) is 11.1 Å². The van der Waals surface area contributed by atoms with E-state index in [0.717, 1.165) is 0 Å². The number of aliphatic carboxylic acids is 1. The molecule has 3 N–H and O–H groups in total. The molecule has 0 spiro atoms. The van der Waals surface area contributed by atoms with Gasteiger partial charge in [0.25, 0.3) is 5.91 Å². The van der Waals surface area contributed by atoms with Gasteiger partial charge in [-0.05, 0) is 27.5 Å². The van der Waals surface area contributed by atoms with Gasteiger partial charge >= 0.3 is 5.97 Å². The highest BCUT2D eigenvalue weighted by Crippen LogP contribution is 2.41. The van der Waals surface area contributed by atoms with Gasteiger partial charge in [-0.25, -0.2) is 14.5 Å². The number of fused-ring (bicyclic) bond motifs is 1. The summed E-state index contributed by atoms with van der Waals surface area (Å²) in [5.41, 5.74) is 0.574. The Kier molecular flexibility index (Phi) is 4.61. The van der Waals surface area contributed by atoms with Gasteiger partial charge in [0.1, 0.15) is 17.1 Å². The molecule has 0 aliphatic carbocycles. The van der Waals surface area contributed by atoms with Crippen LogP contribution in [0.25, 0.3) is 0 Å². The number of aryl methyl sites for hydroxylation is 1. The first-order valence-electron chi connectivity index (χ1n) is 7.79. The Labute approximate surface area is 161 Å². The standard InChI is InChI=1S/C14H14N8O3S2/c1-21-14(18-19-20-21)26-5-2-7-6-27-11-8(17-13-15-3-4-16-13)10(23)22(11)9(7)12(24)25/h2-5,8,11H,6H2,1H3,(H,24,25)(H2,15,16,17)/t8-,11-/m0/s1. The summed E-state index contributed by atoms with van der Waals surface area (Å²) in [5, 5.41) is 25.8. The normalized spacial score (nSPS) is 22.1. The average Bonchev–Trinajstić information content (AvgIpc) is 3.31. The maximum atomic E-state index is 12.5. The number of nitrogens with zero attached hydrogens (tertiary/aromatic N) is 6. The zero-order valence-electron chi connectivity index (χ0n) is 13.9. The number of amides is 1. The number of rotatable bonds is 6. The zero-order valence-corrected chi connectivity index (χ0v) is 15.6. The molecule has 4 rings (SSSR count). The van der Waals surface area contributed by atoms with E-state index < -0.39 is 12.0 Å². The van der Waals surface area contributed by atoms with E-state index in [2.05, 4.69) is 30.8 Å². The summed E-state index contributed by atoms with van der Waals surface area (Å²) in [4.78, 5) is 32.6. The molecule has 2 aliphatic rings. The number of tetrazole rings is 1. The molecule has 11 nitrogen and oxygen atoms in total. The lowest BCUT2D eigenvalue weighted by Gasteiger charge is -2.49. The summed E-state index contributed by atoms with van der Waals surface area (Å²) in [5.74, 6) is -0.471. The number of H-pyrrole nitrogens is 1. The van der Waals surface area contributed by atoms with Crippen LogP contribution in [0, 0.1) is 0 Å². The minimum absolute atomic E-state index is 0.00850. The summed E-state index contributed by atoms with van der Waals surface area (Å²) in [7, 11) is 1.71. The summed E-state index contributed by atoms with van der Waals surface area (Å²) in [6, 6.07) is -0.514. The number of thioether (sulfide) groups is 2. The number of carbonyl (C=O) groups is 2. The Balaban J connectivity index is 1.52. The third-order valence-corrected chi connectivity index (χ3v) is 6.15. The molecule has 27 heavy (non-hydrogen) atoms. The number of imidazole rings is 1. The Hall–Kier alpha value is -2.80. The van der Waals surface area contributed by atoms with Crippen molar-refractivity contribution < 1.29 is 14.7 Å². The summed E-state index contributed by atoms with van der Waals surface area (Å²) in [6.45, 7) is 0. The highest BCUT2D eigenvalue weighted by Gasteiger charge is 2.53. The summed E-state index contributed by atoms with van der Waals surface area (Å²) >= 11 is 2.77. The van der Waals surface area contributed by atoms with Crippen molar-refractivity contribution in [2.24, 2.45) is 7.05 Å². The van der Waals surface area contributed by atoms with Crippen LogP contribution in [-0.4, -0.2) is 69.2 Å². The van der Waals surface area contributed by atoms with E-state index in [1.165, 1.54) is 33.1 Å². The summed E-state index contributed by atoms with van der Waals surface area (Å²) in [6.07, 6.45) is 4.91. The molecular formula is C14H14N8O3S2. The lowest BCUT2D eigenvalue weighted by molar-refractivity contribution is -0.147. The topological polar surface area (TPSA) is 142 Å². The molecule has 0 unspecified atom stereocenters. The third-order valence-electron chi connectivity index (χ3n) is 4.01. The maximum Gasteiger partial charge on any atom is 0.352 e. The molecule has 0 saturated carbocycles. The van der Waals surface area contributed by atoms with Crippen molar-refractivity contribution in [2.45, 2.75) is 16.6 Å². The number of carboxylic acid groups (broad SMARTS) is 1. The van der Waals surface area contributed by atoms with Crippen molar-refractivity contribution in [3.63, 3.8) is 0 Å². The van der Waals surface area contributed by atoms with Crippen molar-refractivity contribution in [1.29, 1.82) is 0 Å². The van der Waals surface area contributed by atoms with Gasteiger partial charge in [-0.2, -0.15) is 0 Å². The largest absolute Gasteiger partial charge is 0.477 e. The number of nitrogens with one attached hydrogen (secondary N) is 2. The van der Waals surface area contributed by atoms with E-state index in [0.29, 0.717) is 22.4 Å². The average molecular weight is 406 g/mol. The van der Waals surface area contributed by atoms with Crippen LogP contribution in [0.5, 0.6) is 0 Å². The molecular weight excluding hydrogens is 392 g/mol. The van der Waals surface area contributed by atoms with Crippen LogP contribution in [0.4, 0.5) is 5.95 Å². The number of allylic oxidation sites excluding steroid dienone is 1. The fourth-order valence-corrected chi connectivity index (χ4v) is 4.71. The lowest BCUT2D eigenvalue weighted by atomic mass is 10.0. The number of β-lactam (4-membered cyclic amide) rings is 1. The molecule has 0 bridgehead atoms. The molecule has 1 fully saturated rings. The second-order valence-corrected chi connectivity index (χ2v) is 7.63. The molecule has 0 aromatic carbocycles. The first-order valence-corrected chi connectivity index (χ1v) is 9.71. The highest BCUT2D eigenvalue weighted by atomic mass is 32.2. The van der Waals surface area contributed by atoms with Crippen molar-refractivity contribution >= 4 is 41.3 Å². The van der Waals surface area contributed by atoms with Gasteiger partial charge in [0.2, 0.25) is 11.1 Å². The molecule has 2 aromatic rings. The molecule has 13 heteroatoms. The Bertz CT molecular complexity index is 938. The zero-order chi connectivity index (χ0) is 19.0. The number of carboxylic acids is 1. The molecule has 2 aromatic heterocycles. The predicted octanol–water partition coefficient (Wildman–Crippen LogP) is 0.273. The van der Waals surface area contributed by atoms with Gasteiger partial charge < -0.3 is 15.4 Å². The van der Waals surface area contributed by atoms with E-state index >= 15 is 0 Å². The fourth-order valence-electron chi connectivity index (χ4n) is 2.76. The van der Waals surface area contributed by atoms with E-state index in [1.54, 1.807) is 30.9 Å². The number of hydrogen-bond acceptors (Lipinski definition) is 9. The number of anilines is 1. The minimum atomic E-state index is -1.13. The first-order chi connectivity index (χ1) is 13.1. The summed E-state index contributed by atoms with van der Waals surface area (Å²) < 4.78 is 1.51. The van der Waals surface area contributed by atoms with Crippen LogP contribution in [0.2, 0.25) is 0 Å². The Morgan fingerprint density at radius 1 is 1.56 bits per heavy atom. The van der Waals surface area contributed by atoms with Gasteiger partial charge in [-0.3, -0.25) is 9.69 Å². The van der Waals surface area contributed by atoms with Crippen molar-refractivity contribution in [3.05, 3.63) is 35.1 Å². The van der Waals surface area contributed by atoms with Gasteiger partial charge in [0.15, 0.2) is 0 Å². The first kappa shape index (κ1) is 17.6. The fraction of sp³-hybridized carbons (Fsp3) is 0.286. The molecule has 2 aliphatic heterocycles. The van der Waals surface area contributed by atoms with E-state index in [-0.39, 0.29) is 17.0 Å². The van der Waals surface area contributed by atoms with Crippen LogP contribution in [0.15, 0.2) is 40.3 Å². The maximum absolute atomic E-state index is 12.5. The molecule has 140 valence electrons. The minimum Gasteiger partial charge on any atom is -0.477 e. The predicted molar refractivity (Wildman–Crippen MR) is 97.5 cm³/mol. The van der Waals surface area contributed by atoms with E-state index in [9.17, 15) is 14.7 Å². The van der Waals surface area contributed by atoms with E-state index in [1.807, 2.05) is 0 Å². The van der Waals surface area contributed by atoms with E-state index in [4.69, 9.17) is 0 Å². The van der Waals surface area contributed by atoms with Gasteiger partial charge in [-0.1, -0.05) is 11.8 Å². The van der Waals surface area contributed by atoms with Crippen LogP contribution in [-0.2, 0) is 16.6 Å². The number of carbonyl (C=O) groups excluding carboxylic acids is 1. The number of aromatic nitrogens is 6.